The molecule has 1 heterocycles. The maximum absolute atomic E-state index is 13.9. The smallest absolute Gasteiger partial charge is 0.303 e. The van der Waals surface area contributed by atoms with Crippen LogP contribution in [0.15, 0.2) is 36.7 Å². The van der Waals surface area contributed by atoms with Gasteiger partial charge in [0.05, 0.1) is 6.20 Å². The molecule has 3 aliphatic rings. The Morgan fingerprint density at radius 3 is 2.82 bits per heavy atom. The van der Waals surface area contributed by atoms with E-state index < -0.39 is 5.97 Å². The van der Waals surface area contributed by atoms with E-state index in [4.69, 9.17) is 5.11 Å². The van der Waals surface area contributed by atoms with E-state index in [1.54, 1.807) is 6.07 Å². The second-order valence-electron chi connectivity index (χ2n) is 10.7. The van der Waals surface area contributed by atoms with E-state index in [0.29, 0.717) is 42.2 Å². The summed E-state index contributed by atoms with van der Waals surface area (Å²) in [6, 6.07) is 7.81. The van der Waals surface area contributed by atoms with Crippen molar-refractivity contribution in [2.24, 2.45) is 17.3 Å². The molecule has 1 aromatic heterocycles. The van der Waals surface area contributed by atoms with Crippen molar-refractivity contribution in [2.45, 2.75) is 70.1 Å². The fourth-order valence-electron chi connectivity index (χ4n) is 7.43. The molecule has 0 bridgehead atoms. The number of hydrogen-bond donors (Lipinski definition) is 2. The van der Waals surface area contributed by atoms with Crippen molar-refractivity contribution in [3.63, 3.8) is 0 Å². The number of pyridine rings is 1. The van der Waals surface area contributed by atoms with Crippen molar-refractivity contribution < 1.29 is 19.1 Å². The van der Waals surface area contributed by atoms with Gasteiger partial charge in [-0.1, -0.05) is 13.0 Å². The summed E-state index contributed by atoms with van der Waals surface area (Å²) in [4.78, 5) is 27.3. The van der Waals surface area contributed by atoms with Crippen LogP contribution in [0.25, 0.3) is 0 Å². The van der Waals surface area contributed by atoms with Crippen LogP contribution in [0.2, 0.25) is 0 Å². The van der Waals surface area contributed by atoms with Gasteiger partial charge in [0.2, 0.25) is 0 Å². The lowest BCUT2D eigenvalue weighted by Gasteiger charge is -2.51. The molecule has 0 aliphatic heterocycles. The second-order valence-corrected chi connectivity index (χ2v) is 10.7. The van der Waals surface area contributed by atoms with Crippen molar-refractivity contribution in [3.05, 3.63) is 64.7 Å². The molecule has 5 atom stereocenters. The number of nitrogens with one attached hydrogen (secondary N) is 1. The van der Waals surface area contributed by atoms with Gasteiger partial charge in [0.15, 0.2) is 0 Å². The summed E-state index contributed by atoms with van der Waals surface area (Å²) in [6.07, 6.45) is 10.3. The molecule has 180 valence electrons. The predicted molar refractivity (Wildman–Crippen MR) is 127 cm³/mol. The summed E-state index contributed by atoms with van der Waals surface area (Å²) in [5.41, 5.74) is 4.58. The van der Waals surface area contributed by atoms with Crippen molar-refractivity contribution in [1.82, 2.24) is 10.3 Å². The number of carboxylic acids is 1. The van der Waals surface area contributed by atoms with Gasteiger partial charge in [-0.3, -0.25) is 14.6 Å². The van der Waals surface area contributed by atoms with Crippen LogP contribution in [0.3, 0.4) is 0 Å². The van der Waals surface area contributed by atoms with Crippen LogP contribution in [0.4, 0.5) is 4.39 Å². The zero-order valence-corrected chi connectivity index (χ0v) is 19.7. The topological polar surface area (TPSA) is 79.3 Å². The number of hydrogen-bond acceptors (Lipinski definition) is 3. The zero-order valence-electron chi connectivity index (χ0n) is 19.7. The lowest BCUT2D eigenvalue weighted by molar-refractivity contribution is -0.137. The van der Waals surface area contributed by atoms with Crippen molar-refractivity contribution in [2.75, 3.05) is 6.54 Å². The fraction of sp³-hybridized carbons (Fsp3) is 0.536. The third kappa shape index (κ3) is 4.12. The second kappa shape index (κ2) is 9.12. The summed E-state index contributed by atoms with van der Waals surface area (Å²) in [7, 11) is 0. The summed E-state index contributed by atoms with van der Waals surface area (Å²) >= 11 is 0. The number of nitrogens with zero attached hydrogens (tertiary/aromatic N) is 1. The predicted octanol–water partition coefficient (Wildman–Crippen LogP) is 5.46. The Labute approximate surface area is 200 Å². The van der Waals surface area contributed by atoms with Crippen LogP contribution < -0.4 is 5.32 Å². The Balaban J connectivity index is 1.30. The zero-order chi connectivity index (χ0) is 23.9. The van der Waals surface area contributed by atoms with Crippen LogP contribution >= 0.6 is 0 Å². The number of amides is 1. The van der Waals surface area contributed by atoms with E-state index in [1.165, 1.54) is 23.7 Å². The largest absolute Gasteiger partial charge is 0.481 e. The molecule has 6 heteroatoms. The Kier molecular flexibility index (Phi) is 6.17. The molecule has 2 N–H and O–H groups in total. The number of fused-ring (bicyclic) bond motifs is 5. The highest BCUT2D eigenvalue weighted by atomic mass is 19.1. The molecule has 0 saturated heterocycles. The Hall–Kier alpha value is -2.76. The van der Waals surface area contributed by atoms with Gasteiger partial charge in [-0.2, -0.15) is 0 Å². The van der Waals surface area contributed by atoms with Crippen molar-refractivity contribution in [1.29, 1.82) is 0 Å². The maximum atomic E-state index is 13.9. The van der Waals surface area contributed by atoms with Gasteiger partial charge in [-0.25, -0.2) is 4.39 Å². The standard InChI is InChI=1S/C28H33FN2O3/c1-28-11-10-22-21-6-5-18(27(34)31-12-2-3-26(32)33)13-17(21)4-7-23(22)25(28)9-8-24(28)19-14-20(29)16-30-15-19/h5-6,13-16,22-25H,2-4,7-12H2,1H3,(H,31,34)(H,32,33). The minimum absolute atomic E-state index is 0.0597. The van der Waals surface area contributed by atoms with Gasteiger partial charge < -0.3 is 10.4 Å². The van der Waals surface area contributed by atoms with Crippen LogP contribution in [0, 0.1) is 23.1 Å². The van der Waals surface area contributed by atoms with E-state index in [-0.39, 0.29) is 23.6 Å². The highest BCUT2D eigenvalue weighted by Crippen LogP contribution is 2.65. The van der Waals surface area contributed by atoms with Gasteiger partial charge in [0.1, 0.15) is 5.82 Å². The number of aryl methyl sites for hydroxylation is 1. The van der Waals surface area contributed by atoms with E-state index in [2.05, 4.69) is 23.3 Å². The van der Waals surface area contributed by atoms with Gasteiger partial charge >= 0.3 is 5.97 Å². The first kappa shape index (κ1) is 23.0. The first-order chi connectivity index (χ1) is 16.4. The molecule has 3 aliphatic carbocycles. The van der Waals surface area contributed by atoms with Crippen LogP contribution in [0.1, 0.15) is 90.8 Å². The lowest BCUT2D eigenvalue weighted by Crippen LogP contribution is -2.41. The highest BCUT2D eigenvalue weighted by molar-refractivity contribution is 5.94. The quantitative estimate of drug-likeness (QED) is 0.557. The van der Waals surface area contributed by atoms with E-state index >= 15 is 0 Å². The molecule has 2 fully saturated rings. The van der Waals surface area contributed by atoms with Crippen LogP contribution in [-0.2, 0) is 11.2 Å². The first-order valence-corrected chi connectivity index (χ1v) is 12.6. The molecule has 1 aromatic carbocycles. The van der Waals surface area contributed by atoms with Gasteiger partial charge in [-0.15, -0.1) is 0 Å². The van der Waals surface area contributed by atoms with Gasteiger partial charge in [0.25, 0.3) is 5.91 Å². The van der Waals surface area contributed by atoms with Crippen molar-refractivity contribution in [3.8, 4) is 0 Å². The number of carbonyl (C=O) groups is 2. The minimum Gasteiger partial charge on any atom is -0.481 e. The van der Waals surface area contributed by atoms with Crippen LogP contribution in [0.5, 0.6) is 0 Å². The number of carboxylic acid groups (broad SMARTS) is 1. The van der Waals surface area contributed by atoms with E-state index in [1.807, 2.05) is 18.3 Å². The minimum atomic E-state index is -0.845. The average molecular weight is 465 g/mol. The van der Waals surface area contributed by atoms with Crippen LogP contribution in [-0.4, -0.2) is 28.5 Å². The molecular formula is C28H33FN2O3. The third-order valence-electron chi connectivity index (χ3n) is 8.97. The van der Waals surface area contributed by atoms with E-state index in [9.17, 15) is 14.0 Å². The molecule has 0 spiro atoms. The first-order valence-electron chi connectivity index (χ1n) is 12.6. The van der Waals surface area contributed by atoms with Crippen molar-refractivity contribution >= 4 is 11.9 Å². The fourth-order valence-corrected chi connectivity index (χ4v) is 7.43. The summed E-state index contributed by atoms with van der Waals surface area (Å²) < 4.78 is 13.9. The Bertz CT molecular complexity index is 1100. The number of aliphatic carboxylic acids is 1. The summed E-state index contributed by atoms with van der Waals surface area (Å²) in [5, 5.41) is 11.6. The van der Waals surface area contributed by atoms with Gasteiger partial charge in [-0.05, 0) is 109 Å². The number of carbonyl (C=O) groups excluding carboxylic acids is 1. The average Bonchev–Trinajstić information content (AvgIpc) is 3.18. The Morgan fingerprint density at radius 1 is 1.18 bits per heavy atom. The van der Waals surface area contributed by atoms with E-state index in [0.717, 1.165) is 37.7 Å². The Morgan fingerprint density at radius 2 is 2.03 bits per heavy atom. The SMILES string of the molecule is CC12CCC3c4ccc(C(=O)NCCCC(=O)O)cc4CCC3C1CCC2c1cncc(F)c1. The molecule has 34 heavy (non-hydrogen) atoms. The molecule has 0 radical (unpaired) electrons. The molecule has 5 unspecified atom stereocenters. The molecule has 5 nitrogen and oxygen atoms in total. The third-order valence-corrected chi connectivity index (χ3v) is 8.97. The number of benzene rings is 1. The molecular weight excluding hydrogens is 431 g/mol. The molecule has 2 aromatic rings. The molecule has 2 saturated carbocycles. The number of rotatable bonds is 6. The summed E-state index contributed by atoms with van der Waals surface area (Å²) in [5.74, 6) is 0.940. The normalized spacial score (nSPS) is 29.6. The molecule has 5 rings (SSSR count). The summed E-state index contributed by atoms with van der Waals surface area (Å²) in [6.45, 7) is 2.79. The maximum Gasteiger partial charge on any atom is 0.303 e. The number of aromatic nitrogens is 1. The molecule has 1 amide bonds. The number of halogens is 1. The monoisotopic (exact) mass is 464 g/mol. The lowest BCUT2D eigenvalue weighted by atomic mass is 9.53. The highest BCUT2D eigenvalue weighted by Gasteiger charge is 2.55. The van der Waals surface area contributed by atoms with Gasteiger partial charge in [0, 0.05) is 24.7 Å².